The maximum atomic E-state index is 11.5. The van der Waals surface area contributed by atoms with Crippen LogP contribution in [0.2, 0.25) is 0 Å². The van der Waals surface area contributed by atoms with Crippen molar-refractivity contribution in [3.8, 4) is 5.75 Å². The number of hydrogen-bond donors (Lipinski definition) is 2. The fraction of sp³-hybridized carbons (Fsp3) is 0.467. The molecule has 0 fully saturated rings. The molecular formula is C15H22N2O2. The summed E-state index contributed by atoms with van der Waals surface area (Å²) in [5, 5.41) is 13.3. The highest BCUT2D eigenvalue weighted by Crippen LogP contribution is 2.12. The molecule has 4 heteroatoms. The second-order valence-corrected chi connectivity index (χ2v) is 4.52. The summed E-state index contributed by atoms with van der Waals surface area (Å²) in [6, 6.07) is 6.85. The van der Waals surface area contributed by atoms with Crippen molar-refractivity contribution in [2.75, 3.05) is 0 Å². The van der Waals surface area contributed by atoms with E-state index in [9.17, 15) is 9.90 Å². The van der Waals surface area contributed by atoms with Crippen LogP contribution in [0.5, 0.6) is 5.75 Å². The summed E-state index contributed by atoms with van der Waals surface area (Å²) in [5.41, 5.74) is 3.06. The van der Waals surface area contributed by atoms with Crippen LogP contribution in [0, 0.1) is 0 Å². The highest BCUT2D eigenvalue weighted by atomic mass is 16.3. The van der Waals surface area contributed by atoms with Gasteiger partial charge < -0.3 is 5.11 Å². The first kappa shape index (κ1) is 15.2. The fourth-order valence-corrected chi connectivity index (χ4v) is 1.72. The van der Waals surface area contributed by atoms with Gasteiger partial charge in [0.1, 0.15) is 5.75 Å². The summed E-state index contributed by atoms with van der Waals surface area (Å²) >= 11 is 0. The lowest BCUT2D eigenvalue weighted by molar-refractivity contribution is -0.121. The van der Waals surface area contributed by atoms with E-state index in [1.165, 1.54) is 25.5 Å². The van der Waals surface area contributed by atoms with E-state index in [-0.39, 0.29) is 11.7 Å². The molecule has 0 saturated carbocycles. The molecule has 19 heavy (non-hydrogen) atoms. The number of nitrogens with one attached hydrogen (secondary N) is 1. The Balaban J connectivity index is 2.21. The van der Waals surface area contributed by atoms with E-state index in [1.54, 1.807) is 24.3 Å². The van der Waals surface area contributed by atoms with Gasteiger partial charge in [-0.05, 0) is 18.6 Å². The Morgan fingerprint density at radius 3 is 2.74 bits per heavy atom. The summed E-state index contributed by atoms with van der Waals surface area (Å²) in [4.78, 5) is 11.5. The number of rotatable bonds is 8. The average molecular weight is 262 g/mol. The Morgan fingerprint density at radius 1 is 1.26 bits per heavy atom. The van der Waals surface area contributed by atoms with Crippen LogP contribution in [0.25, 0.3) is 0 Å². The molecule has 0 atom stereocenters. The minimum atomic E-state index is -0.0804. The molecule has 0 aliphatic heterocycles. The molecule has 0 aromatic heterocycles. The average Bonchev–Trinajstić information content (AvgIpc) is 2.41. The number of benzene rings is 1. The second-order valence-electron chi connectivity index (χ2n) is 4.52. The molecule has 0 bridgehead atoms. The molecule has 0 unspecified atom stereocenters. The summed E-state index contributed by atoms with van der Waals surface area (Å²) in [7, 11) is 0. The maximum absolute atomic E-state index is 11.5. The van der Waals surface area contributed by atoms with Crippen LogP contribution in [0.15, 0.2) is 29.4 Å². The standard InChI is InChI=1S/C15H22N2O2/c1-2-3-4-5-6-11-15(19)17-16-12-13-9-7-8-10-14(13)18/h7-10,12,18H,2-6,11H2,1H3,(H,17,19)/b16-12+. The lowest BCUT2D eigenvalue weighted by Crippen LogP contribution is -2.16. The monoisotopic (exact) mass is 262 g/mol. The van der Waals surface area contributed by atoms with Crippen molar-refractivity contribution < 1.29 is 9.90 Å². The van der Waals surface area contributed by atoms with E-state index in [0.29, 0.717) is 12.0 Å². The Hall–Kier alpha value is -1.84. The first-order chi connectivity index (χ1) is 9.24. The largest absolute Gasteiger partial charge is 0.507 e. The van der Waals surface area contributed by atoms with Gasteiger partial charge in [-0.1, -0.05) is 44.7 Å². The number of phenolic OH excluding ortho intramolecular Hbond substituents is 1. The van der Waals surface area contributed by atoms with E-state index in [1.807, 2.05) is 0 Å². The van der Waals surface area contributed by atoms with Crippen molar-refractivity contribution in [1.29, 1.82) is 0 Å². The summed E-state index contributed by atoms with van der Waals surface area (Å²) in [6.07, 6.45) is 7.56. The van der Waals surface area contributed by atoms with Gasteiger partial charge in [0, 0.05) is 12.0 Å². The van der Waals surface area contributed by atoms with Crippen molar-refractivity contribution in [1.82, 2.24) is 5.43 Å². The van der Waals surface area contributed by atoms with Crippen LogP contribution in [-0.4, -0.2) is 17.2 Å². The van der Waals surface area contributed by atoms with E-state index in [0.717, 1.165) is 12.8 Å². The molecule has 0 saturated heterocycles. The molecule has 0 spiro atoms. The van der Waals surface area contributed by atoms with Crippen molar-refractivity contribution in [2.45, 2.75) is 45.4 Å². The predicted molar refractivity (Wildman–Crippen MR) is 77.2 cm³/mol. The molecule has 1 aromatic carbocycles. The lowest BCUT2D eigenvalue weighted by Gasteiger charge is -2.00. The highest BCUT2D eigenvalue weighted by Gasteiger charge is 1.99. The molecule has 1 amide bonds. The van der Waals surface area contributed by atoms with Crippen LogP contribution in [-0.2, 0) is 4.79 Å². The zero-order valence-electron chi connectivity index (χ0n) is 11.4. The number of carbonyl (C=O) groups excluding carboxylic acids is 1. The number of phenols is 1. The van der Waals surface area contributed by atoms with Gasteiger partial charge in [0.25, 0.3) is 0 Å². The fourth-order valence-electron chi connectivity index (χ4n) is 1.72. The van der Waals surface area contributed by atoms with E-state index < -0.39 is 0 Å². The molecule has 0 radical (unpaired) electrons. The number of nitrogens with zero attached hydrogens (tertiary/aromatic N) is 1. The molecule has 2 N–H and O–H groups in total. The second kappa shape index (κ2) is 9.14. The first-order valence-electron chi connectivity index (χ1n) is 6.84. The maximum Gasteiger partial charge on any atom is 0.240 e. The summed E-state index contributed by atoms with van der Waals surface area (Å²) < 4.78 is 0. The summed E-state index contributed by atoms with van der Waals surface area (Å²) in [5.74, 6) is 0.0724. The van der Waals surface area contributed by atoms with Crippen molar-refractivity contribution >= 4 is 12.1 Å². The van der Waals surface area contributed by atoms with Crippen LogP contribution < -0.4 is 5.43 Å². The molecule has 0 aliphatic rings. The van der Waals surface area contributed by atoms with Gasteiger partial charge in [0.05, 0.1) is 6.21 Å². The van der Waals surface area contributed by atoms with Gasteiger partial charge in [-0.15, -0.1) is 0 Å². The molecule has 0 aliphatic carbocycles. The molecule has 4 nitrogen and oxygen atoms in total. The minimum absolute atomic E-state index is 0.0804. The third-order valence-electron chi connectivity index (χ3n) is 2.84. The minimum Gasteiger partial charge on any atom is -0.507 e. The van der Waals surface area contributed by atoms with Gasteiger partial charge in [-0.2, -0.15) is 5.10 Å². The van der Waals surface area contributed by atoms with Gasteiger partial charge in [-0.25, -0.2) is 5.43 Å². The normalized spacial score (nSPS) is 10.8. The van der Waals surface area contributed by atoms with Gasteiger partial charge in [-0.3, -0.25) is 4.79 Å². The zero-order chi connectivity index (χ0) is 13.9. The van der Waals surface area contributed by atoms with Crippen LogP contribution in [0.3, 0.4) is 0 Å². The molecule has 0 heterocycles. The van der Waals surface area contributed by atoms with Crippen LogP contribution in [0.1, 0.15) is 51.0 Å². The number of carbonyl (C=O) groups is 1. The third-order valence-corrected chi connectivity index (χ3v) is 2.84. The number of amides is 1. The van der Waals surface area contributed by atoms with Crippen LogP contribution in [0.4, 0.5) is 0 Å². The molecule has 1 aromatic rings. The Labute approximate surface area is 114 Å². The number of para-hydroxylation sites is 1. The smallest absolute Gasteiger partial charge is 0.240 e. The quantitative estimate of drug-likeness (QED) is 0.429. The Kier molecular flexibility index (Phi) is 7.32. The number of aromatic hydroxyl groups is 1. The van der Waals surface area contributed by atoms with E-state index >= 15 is 0 Å². The topological polar surface area (TPSA) is 61.7 Å². The van der Waals surface area contributed by atoms with E-state index in [4.69, 9.17) is 0 Å². The number of hydrazone groups is 1. The summed E-state index contributed by atoms with van der Waals surface area (Å²) in [6.45, 7) is 2.17. The molecular weight excluding hydrogens is 240 g/mol. The lowest BCUT2D eigenvalue weighted by atomic mass is 10.1. The van der Waals surface area contributed by atoms with Crippen molar-refractivity contribution in [2.24, 2.45) is 5.10 Å². The third kappa shape index (κ3) is 6.60. The number of unbranched alkanes of at least 4 members (excludes halogenated alkanes) is 4. The Bertz CT molecular complexity index is 416. The number of hydrogen-bond acceptors (Lipinski definition) is 3. The Morgan fingerprint density at radius 2 is 2.00 bits per heavy atom. The van der Waals surface area contributed by atoms with Crippen molar-refractivity contribution in [3.05, 3.63) is 29.8 Å². The highest BCUT2D eigenvalue weighted by molar-refractivity contribution is 5.84. The van der Waals surface area contributed by atoms with Gasteiger partial charge >= 0.3 is 0 Å². The molecule has 1 rings (SSSR count). The zero-order valence-corrected chi connectivity index (χ0v) is 11.4. The van der Waals surface area contributed by atoms with Gasteiger partial charge in [0.15, 0.2) is 0 Å². The predicted octanol–water partition coefficient (Wildman–Crippen LogP) is 3.20. The van der Waals surface area contributed by atoms with E-state index in [2.05, 4.69) is 17.5 Å². The van der Waals surface area contributed by atoms with Crippen molar-refractivity contribution in [3.63, 3.8) is 0 Å². The first-order valence-corrected chi connectivity index (χ1v) is 6.84. The van der Waals surface area contributed by atoms with Gasteiger partial charge in [0.2, 0.25) is 5.91 Å². The molecule has 104 valence electrons. The van der Waals surface area contributed by atoms with Crippen LogP contribution >= 0.6 is 0 Å². The SMILES string of the molecule is CCCCCCCC(=O)N/N=C/c1ccccc1O.